The van der Waals surface area contributed by atoms with Crippen LogP contribution in [-0.2, 0) is 30.7 Å². The second kappa shape index (κ2) is 11.2. The molecule has 1 amide bonds. The first-order valence-electron chi connectivity index (χ1n) is 12.0. The number of fused-ring (bicyclic) bond motifs is 1. The molecule has 1 aliphatic heterocycles. The Morgan fingerprint density at radius 3 is 2.74 bits per heavy atom. The Morgan fingerprint density at radius 2 is 1.94 bits per heavy atom. The zero-order valence-corrected chi connectivity index (χ0v) is 19.9. The van der Waals surface area contributed by atoms with Gasteiger partial charge in [0.15, 0.2) is 17.3 Å². The summed E-state index contributed by atoms with van der Waals surface area (Å²) in [7, 11) is 0. The van der Waals surface area contributed by atoms with E-state index in [1.54, 1.807) is 6.07 Å². The minimum atomic E-state index is -0.207. The number of carbonyl (C=O) groups excluding carboxylic acids is 1. The number of rotatable bonds is 9. The molecule has 0 bridgehead atoms. The molecule has 1 aromatic heterocycles. The van der Waals surface area contributed by atoms with Gasteiger partial charge in [0.25, 0.3) is 0 Å². The smallest absolute Gasteiger partial charge is 0.220 e. The Hall–Kier alpha value is -3.39. The zero-order chi connectivity index (χ0) is 23.9. The number of hydrogen-bond donors (Lipinski definition) is 2. The molecule has 0 fully saturated rings. The fourth-order valence-electron chi connectivity index (χ4n) is 4.33. The van der Waals surface area contributed by atoms with E-state index < -0.39 is 0 Å². The number of carbonyl (C=O) groups is 1. The van der Waals surface area contributed by atoms with Crippen LogP contribution in [0.5, 0.6) is 11.5 Å². The third kappa shape index (κ3) is 5.94. The fourth-order valence-corrected chi connectivity index (χ4v) is 4.33. The Bertz CT molecular complexity index is 1100. The van der Waals surface area contributed by atoms with E-state index in [0.29, 0.717) is 25.2 Å². The second-order valence-electron chi connectivity index (χ2n) is 8.66. The van der Waals surface area contributed by atoms with E-state index in [9.17, 15) is 9.90 Å². The highest BCUT2D eigenvalue weighted by molar-refractivity contribution is 5.76. The van der Waals surface area contributed by atoms with Crippen molar-refractivity contribution in [2.24, 2.45) is 0 Å². The van der Waals surface area contributed by atoms with E-state index in [4.69, 9.17) is 4.74 Å². The molecule has 34 heavy (non-hydrogen) atoms. The number of aromatic hydroxyl groups is 1. The predicted octanol–water partition coefficient (Wildman–Crippen LogP) is 3.25. The molecule has 180 valence electrons. The minimum Gasteiger partial charge on any atom is -0.504 e. The third-order valence-electron chi connectivity index (χ3n) is 6.13. The highest BCUT2D eigenvalue weighted by Gasteiger charge is 2.23. The van der Waals surface area contributed by atoms with Crippen molar-refractivity contribution in [1.82, 2.24) is 25.0 Å². The van der Waals surface area contributed by atoms with Gasteiger partial charge in [-0.15, -0.1) is 10.2 Å². The molecule has 0 unspecified atom stereocenters. The average Bonchev–Trinajstić information content (AvgIpc) is 3.15. The summed E-state index contributed by atoms with van der Waals surface area (Å²) in [6.07, 6.45) is 1.95. The number of aryl methyl sites for hydroxylation is 1. The van der Waals surface area contributed by atoms with Crippen LogP contribution in [0.1, 0.15) is 49.1 Å². The Morgan fingerprint density at radius 1 is 1.12 bits per heavy atom. The number of phenolic OH excluding ortho intramolecular Hbond substituents is 1. The van der Waals surface area contributed by atoms with Gasteiger partial charge in [-0.3, -0.25) is 9.69 Å². The lowest BCUT2D eigenvalue weighted by Gasteiger charge is -2.21. The van der Waals surface area contributed by atoms with Gasteiger partial charge in [-0.25, -0.2) is 0 Å². The molecule has 0 radical (unpaired) electrons. The summed E-state index contributed by atoms with van der Waals surface area (Å²) in [6, 6.07) is 15.4. The predicted molar refractivity (Wildman–Crippen MR) is 130 cm³/mol. The lowest BCUT2D eigenvalue weighted by molar-refractivity contribution is -0.121. The van der Waals surface area contributed by atoms with Crippen LogP contribution in [0.3, 0.4) is 0 Å². The van der Waals surface area contributed by atoms with Gasteiger partial charge >= 0.3 is 0 Å². The van der Waals surface area contributed by atoms with Crippen molar-refractivity contribution in [1.29, 1.82) is 0 Å². The molecule has 1 aliphatic rings. The Labute approximate surface area is 200 Å². The summed E-state index contributed by atoms with van der Waals surface area (Å²) in [5.41, 5.74) is 2.25. The van der Waals surface area contributed by atoms with Crippen LogP contribution >= 0.6 is 0 Å². The minimum absolute atomic E-state index is 0.0152. The lowest BCUT2D eigenvalue weighted by atomic mass is 10.1. The molecule has 0 saturated heterocycles. The number of nitrogens with one attached hydrogen (secondary N) is 1. The molecule has 2 aromatic carbocycles. The monoisotopic (exact) mass is 463 g/mol. The van der Waals surface area contributed by atoms with Gasteiger partial charge in [-0.05, 0) is 43.5 Å². The number of ether oxygens (including phenoxy) is 1. The maximum Gasteiger partial charge on any atom is 0.220 e. The molecular weight excluding hydrogens is 430 g/mol. The maximum absolute atomic E-state index is 12.5. The number of hydrogen-bond acceptors (Lipinski definition) is 6. The fraction of sp³-hybridized carbons (Fsp3) is 0.423. The first-order valence-corrected chi connectivity index (χ1v) is 12.0. The summed E-state index contributed by atoms with van der Waals surface area (Å²) >= 11 is 0. The van der Waals surface area contributed by atoms with Crippen molar-refractivity contribution in [2.45, 2.75) is 52.2 Å². The average molecular weight is 464 g/mol. The molecule has 8 nitrogen and oxygen atoms in total. The van der Waals surface area contributed by atoms with Crippen molar-refractivity contribution < 1.29 is 14.6 Å². The summed E-state index contributed by atoms with van der Waals surface area (Å²) in [6.45, 7) is 7.61. The maximum atomic E-state index is 12.5. The zero-order valence-electron chi connectivity index (χ0n) is 19.9. The molecule has 0 spiro atoms. The number of nitrogens with zero attached hydrogens (tertiary/aromatic N) is 4. The van der Waals surface area contributed by atoms with Crippen LogP contribution in [0.15, 0.2) is 48.5 Å². The summed E-state index contributed by atoms with van der Waals surface area (Å²) in [5, 5.41) is 21.9. The van der Waals surface area contributed by atoms with Gasteiger partial charge in [0.2, 0.25) is 5.91 Å². The molecule has 0 aliphatic carbocycles. The van der Waals surface area contributed by atoms with E-state index in [1.807, 2.05) is 56.3 Å². The van der Waals surface area contributed by atoms with E-state index in [2.05, 4.69) is 25.0 Å². The molecular formula is C26H33N5O3. The van der Waals surface area contributed by atoms with Crippen LogP contribution in [-0.4, -0.2) is 50.4 Å². The second-order valence-corrected chi connectivity index (χ2v) is 8.66. The standard InChI is InChI=1S/C26H33N5O3/c1-3-34-23-17-21(9-11-22(23)32)18-30-14-13-24-28-29-26(31(24)16-15-30)19(2)27-25(33)12-10-20-7-5-4-6-8-20/h4-9,11,17,19,32H,3,10,12-16,18H2,1-2H3,(H,27,33)/t19-/m0/s1. The first-order chi connectivity index (χ1) is 16.5. The molecule has 0 saturated carbocycles. The van der Waals surface area contributed by atoms with E-state index in [-0.39, 0.29) is 17.7 Å². The van der Waals surface area contributed by atoms with Crippen LogP contribution < -0.4 is 10.1 Å². The van der Waals surface area contributed by atoms with Gasteiger partial charge in [-0.1, -0.05) is 36.4 Å². The third-order valence-corrected chi connectivity index (χ3v) is 6.13. The summed E-state index contributed by atoms with van der Waals surface area (Å²) in [5.74, 6) is 2.45. The Kier molecular flexibility index (Phi) is 7.80. The van der Waals surface area contributed by atoms with Gasteiger partial charge in [0.05, 0.1) is 12.6 Å². The molecule has 8 heteroatoms. The quantitative estimate of drug-likeness (QED) is 0.506. The molecule has 2 heterocycles. The SMILES string of the molecule is CCOc1cc(CN2CCc3nnc([C@H](C)NC(=O)CCc4ccccc4)n3CC2)ccc1O. The molecule has 1 atom stereocenters. The van der Waals surface area contributed by atoms with Crippen LogP contribution in [0.25, 0.3) is 0 Å². The molecule has 4 rings (SSSR count). The normalized spacial score (nSPS) is 14.8. The summed E-state index contributed by atoms with van der Waals surface area (Å²) < 4.78 is 7.66. The highest BCUT2D eigenvalue weighted by Crippen LogP contribution is 2.27. The first kappa shape index (κ1) is 23.8. The largest absolute Gasteiger partial charge is 0.504 e. The molecule has 2 N–H and O–H groups in total. The van der Waals surface area contributed by atoms with Crippen LogP contribution in [0.2, 0.25) is 0 Å². The van der Waals surface area contributed by atoms with Crippen molar-refractivity contribution in [2.75, 3.05) is 19.7 Å². The lowest BCUT2D eigenvalue weighted by Crippen LogP contribution is -2.30. The highest BCUT2D eigenvalue weighted by atomic mass is 16.5. The van der Waals surface area contributed by atoms with Crippen molar-refractivity contribution in [3.05, 3.63) is 71.3 Å². The number of benzene rings is 2. The Balaban J connectivity index is 1.33. The number of phenols is 1. The topological polar surface area (TPSA) is 92.5 Å². The van der Waals surface area contributed by atoms with Crippen molar-refractivity contribution in [3.8, 4) is 11.5 Å². The van der Waals surface area contributed by atoms with E-state index >= 15 is 0 Å². The number of aromatic nitrogens is 3. The van der Waals surface area contributed by atoms with Crippen molar-refractivity contribution in [3.63, 3.8) is 0 Å². The van der Waals surface area contributed by atoms with Crippen LogP contribution in [0, 0.1) is 0 Å². The van der Waals surface area contributed by atoms with E-state index in [0.717, 1.165) is 55.4 Å². The van der Waals surface area contributed by atoms with Crippen molar-refractivity contribution >= 4 is 5.91 Å². The van der Waals surface area contributed by atoms with E-state index in [1.165, 1.54) is 0 Å². The van der Waals surface area contributed by atoms with Gasteiger partial charge in [0, 0.05) is 39.0 Å². The summed E-state index contributed by atoms with van der Waals surface area (Å²) in [4.78, 5) is 14.9. The molecule has 3 aromatic rings. The van der Waals surface area contributed by atoms with Gasteiger partial charge in [-0.2, -0.15) is 0 Å². The number of amides is 1. The van der Waals surface area contributed by atoms with Gasteiger partial charge in [0.1, 0.15) is 5.82 Å². The van der Waals surface area contributed by atoms with Crippen LogP contribution in [0.4, 0.5) is 0 Å². The van der Waals surface area contributed by atoms with Gasteiger partial charge < -0.3 is 19.7 Å².